The Kier molecular flexibility index (Phi) is 7.16. The number of thiocarbonyl (C=S) groups is 1. The summed E-state index contributed by atoms with van der Waals surface area (Å²) >= 11 is 9.30. The molecule has 0 saturated carbocycles. The van der Waals surface area contributed by atoms with Crippen LogP contribution in [0.2, 0.25) is 0 Å². The summed E-state index contributed by atoms with van der Waals surface area (Å²) in [6.07, 6.45) is 4.15. The molecule has 0 radical (unpaired) electrons. The molecule has 1 saturated heterocycles. The summed E-state index contributed by atoms with van der Waals surface area (Å²) in [5.74, 6) is -0.0509. The van der Waals surface area contributed by atoms with Crippen molar-refractivity contribution in [1.29, 1.82) is 0 Å². The number of aryl methyl sites for hydroxylation is 1. The van der Waals surface area contributed by atoms with Gasteiger partial charge in [0.2, 0.25) is 5.91 Å². The predicted octanol–water partition coefficient (Wildman–Crippen LogP) is 5.94. The molecule has 5 rings (SSSR count). The molecular formula is C28H26BrN5OS. The second-order valence-corrected chi connectivity index (χ2v) is 10.1. The van der Waals surface area contributed by atoms with Gasteiger partial charge in [-0.15, -0.1) is 0 Å². The van der Waals surface area contributed by atoms with Crippen LogP contribution in [0.4, 0.5) is 5.69 Å². The second kappa shape index (κ2) is 10.6. The van der Waals surface area contributed by atoms with Crippen LogP contribution in [0.15, 0.2) is 95.7 Å². The molecule has 36 heavy (non-hydrogen) atoms. The molecule has 3 heterocycles. The maximum Gasteiger partial charge on any atom is 0.226 e. The van der Waals surface area contributed by atoms with Crippen molar-refractivity contribution in [3.8, 4) is 5.69 Å². The molecule has 2 atom stereocenters. The molecule has 1 amide bonds. The van der Waals surface area contributed by atoms with Crippen LogP contribution in [0.1, 0.15) is 35.5 Å². The Morgan fingerprint density at radius 3 is 2.56 bits per heavy atom. The Bertz CT molecular complexity index is 1350. The largest absolute Gasteiger partial charge is 0.352 e. The number of hydrogen-bond acceptors (Lipinski definition) is 3. The molecule has 0 bridgehead atoms. The minimum absolute atomic E-state index is 0.0509. The van der Waals surface area contributed by atoms with Gasteiger partial charge in [0.1, 0.15) is 0 Å². The minimum Gasteiger partial charge on any atom is -0.352 e. The lowest BCUT2D eigenvalue weighted by molar-refractivity contribution is -0.116. The number of amides is 1. The van der Waals surface area contributed by atoms with Crippen molar-refractivity contribution < 1.29 is 4.79 Å². The number of nitrogens with one attached hydrogen (secondary N) is 2. The van der Waals surface area contributed by atoms with Crippen LogP contribution in [0.3, 0.4) is 0 Å². The molecule has 0 aliphatic carbocycles. The van der Waals surface area contributed by atoms with Crippen LogP contribution in [-0.4, -0.2) is 32.0 Å². The lowest BCUT2D eigenvalue weighted by atomic mass is 10.0. The van der Waals surface area contributed by atoms with Gasteiger partial charge in [-0.25, -0.2) is 0 Å². The van der Waals surface area contributed by atoms with Crippen LogP contribution in [-0.2, 0) is 4.79 Å². The monoisotopic (exact) mass is 559 g/mol. The highest BCUT2D eigenvalue weighted by molar-refractivity contribution is 9.10. The number of nitrogens with zero attached hydrogens (tertiary/aromatic N) is 3. The molecule has 2 aromatic heterocycles. The van der Waals surface area contributed by atoms with Crippen LogP contribution in [0, 0.1) is 6.92 Å². The third-order valence-corrected chi connectivity index (χ3v) is 7.18. The van der Waals surface area contributed by atoms with Gasteiger partial charge in [-0.3, -0.25) is 9.78 Å². The van der Waals surface area contributed by atoms with E-state index in [1.165, 1.54) is 0 Å². The number of pyridine rings is 1. The average Bonchev–Trinajstić information content (AvgIpc) is 3.49. The summed E-state index contributed by atoms with van der Waals surface area (Å²) in [6.45, 7) is 2.50. The molecule has 182 valence electrons. The Labute approximate surface area is 224 Å². The molecule has 2 aromatic carbocycles. The van der Waals surface area contributed by atoms with E-state index in [1.54, 1.807) is 6.20 Å². The lowest BCUT2D eigenvalue weighted by Gasteiger charge is -2.29. The van der Waals surface area contributed by atoms with Gasteiger partial charge in [0.25, 0.3) is 0 Å². The first-order chi connectivity index (χ1) is 17.5. The highest BCUT2D eigenvalue weighted by Gasteiger charge is 2.41. The number of hydrogen-bond donors (Lipinski definition) is 2. The van der Waals surface area contributed by atoms with Crippen LogP contribution < -0.4 is 10.6 Å². The van der Waals surface area contributed by atoms with Crippen molar-refractivity contribution in [1.82, 2.24) is 19.8 Å². The number of anilines is 1. The van der Waals surface area contributed by atoms with Crippen molar-refractivity contribution in [2.45, 2.75) is 25.4 Å². The maximum absolute atomic E-state index is 12.8. The van der Waals surface area contributed by atoms with Gasteiger partial charge in [-0.1, -0.05) is 39.7 Å². The van der Waals surface area contributed by atoms with Gasteiger partial charge in [-0.2, -0.15) is 0 Å². The highest BCUT2D eigenvalue weighted by atomic mass is 79.9. The average molecular weight is 561 g/mol. The second-order valence-electron chi connectivity index (χ2n) is 8.76. The number of rotatable bonds is 7. The lowest BCUT2D eigenvalue weighted by Crippen LogP contribution is -2.33. The molecule has 4 aromatic rings. The zero-order valence-electron chi connectivity index (χ0n) is 19.8. The van der Waals surface area contributed by atoms with E-state index in [1.807, 2.05) is 67.6 Å². The van der Waals surface area contributed by atoms with Gasteiger partial charge in [0.05, 0.1) is 17.8 Å². The van der Waals surface area contributed by atoms with E-state index in [-0.39, 0.29) is 18.0 Å². The summed E-state index contributed by atoms with van der Waals surface area (Å²) in [5.41, 5.74) is 4.96. The van der Waals surface area contributed by atoms with Gasteiger partial charge in [-0.05, 0) is 79.8 Å². The Balaban J connectivity index is 1.43. The molecule has 1 aliphatic heterocycles. The molecule has 2 N–H and O–H groups in total. The number of carbonyl (C=O) groups excluding carboxylic acids is 1. The van der Waals surface area contributed by atoms with Gasteiger partial charge >= 0.3 is 0 Å². The van der Waals surface area contributed by atoms with E-state index in [0.717, 1.165) is 32.8 Å². The quantitative estimate of drug-likeness (QED) is 0.274. The van der Waals surface area contributed by atoms with Gasteiger partial charge in [0.15, 0.2) is 5.11 Å². The number of benzene rings is 2. The maximum atomic E-state index is 12.8. The SMILES string of the molecule is Cc1ccc(NC(=O)CCN2C(=S)N[C@H](c3ccccn3)[C@H]2c2cccn2-c2ccc(Br)cc2)cc1. The zero-order chi connectivity index (χ0) is 25.1. The fourth-order valence-electron chi connectivity index (χ4n) is 4.52. The van der Waals surface area contributed by atoms with Crippen molar-refractivity contribution in [2.75, 3.05) is 11.9 Å². The highest BCUT2D eigenvalue weighted by Crippen LogP contribution is 2.39. The molecule has 8 heteroatoms. The first-order valence-electron chi connectivity index (χ1n) is 11.8. The molecule has 0 spiro atoms. The van der Waals surface area contributed by atoms with E-state index in [9.17, 15) is 4.79 Å². The summed E-state index contributed by atoms with van der Waals surface area (Å²) in [4.78, 5) is 19.5. The third-order valence-electron chi connectivity index (χ3n) is 6.30. The van der Waals surface area contributed by atoms with Crippen LogP contribution in [0.5, 0.6) is 0 Å². The minimum atomic E-state index is -0.150. The van der Waals surface area contributed by atoms with E-state index in [4.69, 9.17) is 12.2 Å². The number of carbonyl (C=O) groups is 1. The Hall–Kier alpha value is -3.49. The van der Waals surface area contributed by atoms with Crippen molar-refractivity contribution in [3.63, 3.8) is 0 Å². The first kappa shape index (κ1) is 24.2. The summed E-state index contributed by atoms with van der Waals surface area (Å²) in [6, 6.07) is 25.8. The summed E-state index contributed by atoms with van der Waals surface area (Å²) in [5, 5.41) is 7.07. The van der Waals surface area contributed by atoms with Gasteiger partial charge < -0.3 is 20.1 Å². The van der Waals surface area contributed by atoms with Crippen LogP contribution in [0.25, 0.3) is 5.69 Å². The van der Waals surface area contributed by atoms with E-state index < -0.39 is 0 Å². The molecule has 1 fully saturated rings. The summed E-state index contributed by atoms with van der Waals surface area (Å²) < 4.78 is 3.19. The third kappa shape index (κ3) is 5.20. The van der Waals surface area contributed by atoms with Crippen molar-refractivity contribution in [3.05, 3.63) is 113 Å². The van der Waals surface area contributed by atoms with Crippen molar-refractivity contribution >= 4 is 44.9 Å². The standard InChI is InChI=1S/C28H26BrN5OS/c1-19-7-11-21(12-8-19)31-25(35)15-18-34-27(26(32-28(34)36)23-5-2-3-16-30-23)24-6-4-17-33(24)22-13-9-20(29)10-14-22/h2-14,16-17,26-27H,15,18H2,1H3,(H,31,35)(H,32,36)/t26-,27-/m1/s1. The Morgan fingerprint density at radius 1 is 1.06 bits per heavy atom. The van der Waals surface area contributed by atoms with E-state index >= 15 is 0 Å². The number of halogens is 1. The van der Waals surface area contributed by atoms with Gasteiger partial charge in [0, 0.05) is 46.9 Å². The molecular weight excluding hydrogens is 534 g/mol. The van der Waals surface area contributed by atoms with E-state index in [0.29, 0.717) is 18.1 Å². The topological polar surface area (TPSA) is 62.2 Å². The van der Waals surface area contributed by atoms with Crippen molar-refractivity contribution in [2.24, 2.45) is 0 Å². The fraction of sp³-hybridized carbons (Fsp3) is 0.179. The zero-order valence-corrected chi connectivity index (χ0v) is 22.2. The molecule has 0 unspecified atom stereocenters. The molecule has 6 nitrogen and oxygen atoms in total. The summed E-state index contributed by atoms with van der Waals surface area (Å²) in [7, 11) is 0. The predicted molar refractivity (Wildman–Crippen MR) is 150 cm³/mol. The molecule has 1 aliphatic rings. The fourth-order valence-corrected chi connectivity index (χ4v) is 5.12. The van der Waals surface area contributed by atoms with Crippen LogP contribution >= 0.6 is 28.1 Å². The normalized spacial score (nSPS) is 17.2. The number of aromatic nitrogens is 2. The smallest absolute Gasteiger partial charge is 0.226 e. The van der Waals surface area contributed by atoms with E-state index in [2.05, 4.69) is 65.4 Å². The Morgan fingerprint density at radius 2 is 1.83 bits per heavy atom. The first-order valence-corrected chi connectivity index (χ1v) is 13.0.